The van der Waals surface area contributed by atoms with E-state index in [1.807, 2.05) is 62.4 Å². The van der Waals surface area contributed by atoms with E-state index in [0.29, 0.717) is 33.7 Å². The van der Waals surface area contributed by atoms with Gasteiger partial charge in [-0.05, 0) is 67.9 Å². The fraction of sp³-hybridized carbons (Fsp3) is 0.300. The van der Waals surface area contributed by atoms with Crippen LogP contribution in [0.1, 0.15) is 63.4 Å². The molecule has 5 rings (SSSR count). The van der Waals surface area contributed by atoms with Crippen molar-refractivity contribution in [3.63, 3.8) is 0 Å². The molecule has 0 saturated heterocycles. The molecule has 190 valence electrons. The summed E-state index contributed by atoms with van der Waals surface area (Å²) in [7, 11) is 0. The normalized spacial score (nSPS) is 14.9. The molecule has 1 atom stereocenters. The van der Waals surface area contributed by atoms with Crippen molar-refractivity contribution in [2.45, 2.75) is 46.5 Å². The van der Waals surface area contributed by atoms with Crippen LogP contribution in [0.4, 0.5) is 5.00 Å². The number of carbonyl (C=O) groups is 2. The molecule has 2 aromatic heterocycles. The van der Waals surface area contributed by atoms with E-state index in [2.05, 4.69) is 12.2 Å². The number of nitrogens with one attached hydrogen (secondary N) is 1. The zero-order valence-corrected chi connectivity index (χ0v) is 22.8. The van der Waals surface area contributed by atoms with E-state index in [9.17, 15) is 9.59 Å². The number of para-hydroxylation sites is 1. The van der Waals surface area contributed by atoms with Crippen molar-refractivity contribution >= 4 is 50.7 Å². The standard InChI is InChI=1S/C30H29ClN2O3S/c1-4-15-36-30(35)26-22-14-9-17(2)16-24(22)37-29(26)33-28(34)25-18(3)27(19-10-12-20(31)13-11-19)32-23-8-6-5-7-21(23)25/h5-8,10-13,17H,4,9,14-16H2,1-3H3,(H,33,34). The van der Waals surface area contributed by atoms with Gasteiger partial charge >= 0.3 is 5.97 Å². The lowest BCUT2D eigenvalue weighted by molar-refractivity contribution is 0.0505. The van der Waals surface area contributed by atoms with Crippen LogP contribution in [-0.2, 0) is 17.6 Å². The van der Waals surface area contributed by atoms with Crippen LogP contribution in [0.3, 0.4) is 0 Å². The molecule has 37 heavy (non-hydrogen) atoms. The third kappa shape index (κ3) is 5.00. The van der Waals surface area contributed by atoms with Gasteiger partial charge in [-0.2, -0.15) is 0 Å². The second kappa shape index (κ2) is 10.6. The molecule has 2 aromatic carbocycles. The number of pyridine rings is 1. The monoisotopic (exact) mass is 532 g/mol. The second-order valence-electron chi connectivity index (χ2n) is 9.63. The van der Waals surface area contributed by atoms with Gasteiger partial charge in [-0.1, -0.05) is 55.8 Å². The van der Waals surface area contributed by atoms with Gasteiger partial charge in [0.15, 0.2) is 0 Å². The number of fused-ring (bicyclic) bond motifs is 2. The molecular weight excluding hydrogens is 504 g/mol. The molecule has 0 saturated carbocycles. The Morgan fingerprint density at radius 2 is 1.89 bits per heavy atom. The number of halogens is 1. The minimum atomic E-state index is -0.359. The van der Waals surface area contributed by atoms with Crippen molar-refractivity contribution in [3.05, 3.63) is 80.7 Å². The highest BCUT2D eigenvalue weighted by atomic mass is 35.5. The number of nitrogens with zero attached hydrogens (tertiary/aromatic N) is 1. The maximum absolute atomic E-state index is 13.9. The topological polar surface area (TPSA) is 68.3 Å². The molecule has 1 N–H and O–H groups in total. The Labute approximate surface area is 225 Å². The Morgan fingerprint density at radius 3 is 2.65 bits per heavy atom. The van der Waals surface area contributed by atoms with Gasteiger partial charge in [-0.15, -0.1) is 11.3 Å². The maximum Gasteiger partial charge on any atom is 0.341 e. The van der Waals surface area contributed by atoms with E-state index in [1.54, 1.807) is 0 Å². The fourth-order valence-corrected chi connectivity index (χ4v) is 6.50. The summed E-state index contributed by atoms with van der Waals surface area (Å²) in [5.74, 6) is -0.0765. The summed E-state index contributed by atoms with van der Waals surface area (Å²) in [6.07, 6.45) is 3.48. The van der Waals surface area contributed by atoms with Gasteiger partial charge in [0.2, 0.25) is 0 Å². The van der Waals surface area contributed by atoms with Gasteiger partial charge < -0.3 is 10.1 Å². The molecule has 4 aromatic rings. The third-order valence-electron chi connectivity index (χ3n) is 6.86. The van der Waals surface area contributed by atoms with Crippen LogP contribution in [-0.4, -0.2) is 23.5 Å². The van der Waals surface area contributed by atoms with Crippen LogP contribution >= 0.6 is 22.9 Å². The number of benzene rings is 2. The first-order valence-corrected chi connectivity index (χ1v) is 13.8. The predicted octanol–water partition coefficient (Wildman–Crippen LogP) is 7.87. The number of hydrogen-bond acceptors (Lipinski definition) is 5. The highest BCUT2D eigenvalue weighted by Crippen LogP contribution is 2.41. The highest BCUT2D eigenvalue weighted by molar-refractivity contribution is 7.17. The minimum absolute atomic E-state index is 0.262. The summed E-state index contributed by atoms with van der Waals surface area (Å²) < 4.78 is 5.53. The van der Waals surface area contributed by atoms with Crippen molar-refractivity contribution in [2.24, 2.45) is 5.92 Å². The van der Waals surface area contributed by atoms with Gasteiger partial charge in [0.1, 0.15) is 5.00 Å². The average molecular weight is 533 g/mol. The van der Waals surface area contributed by atoms with Crippen LogP contribution in [0.5, 0.6) is 0 Å². The summed E-state index contributed by atoms with van der Waals surface area (Å²) in [6.45, 7) is 6.46. The molecule has 0 spiro atoms. The summed E-state index contributed by atoms with van der Waals surface area (Å²) in [5.41, 5.74) is 5.19. The van der Waals surface area contributed by atoms with E-state index in [4.69, 9.17) is 21.3 Å². The maximum atomic E-state index is 13.9. The Kier molecular flexibility index (Phi) is 7.31. The van der Waals surface area contributed by atoms with Gasteiger partial charge in [-0.25, -0.2) is 9.78 Å². The van der Waals surface area contributed by atoms with Crippen molar-refractivity contribution < 1.29 is 14.3 Å². The largest absolute Gasteiger partial charge is 0.462 e. The number of thiophene rings is 1. The molecule has 1 aliphatic carbocycles. The van der Waals surface area contributed by atoms with Gasteiger partial charge in [0.05, 0.1) is 28.9 Å². The highest BCUT2D eigenvalue weighted by Gasteiger charge is 2.30. The van der Waals surface area contributed by atoms with Crippen molar-refractivity contribution in [1.82, 2.24) is 4.98 Å². The number of carbonyl (C=O) groups excluding carboxylic acids is 2. The molecule has 0 fully saturated rings. The first-order chi connectivity index (χ1) is 17.9. The number of esters is 1. The molecule has 7 heteroatoms. The van der Waals surface area contributed by atoms with E-state index in [1.165, 1.54) is 11.3 Å². The van der Waals surface area contributed by atoms with Gasteiger partial charge in [0.25, 0.3) is 5.91 Å². The summed E-state index contributed by atoms with van der Waals surface area (Å²) >= 11 is 7.61. The smallest absolute Gasteiger partial charge is 0.341 e. The summed E-state index contributed by atoms with van der Waals surface area (Å²) in [5, 5.41) is 5.08. The number of aromatic nitrogens is 1. The van der Waals surface area contributed by atoms with Crippen molar-refractivity contribution in [2.75, 3.05) is 11.9 Å². The van der Waals surface area contributed by atoms with Gasteiger partial charge in [-0.3, -0.25) is 4.79 Å². The van der Waals surface area contributed by atoms with Crippen LogP contribution in [0.2, 0.25) is 5.02 Å². The fourth-order valence-electron chi connectivity index (χ4n) is 4.98. The zero-order valence-electron chi connectivity index (χ0n) is 21.2. The predicted molar refractivity (Wildman–Crippen MR) is 151 cm³/mol. The van der Waals surface area contributed by atoms with E-state index >= 15 is 0 Å². The number of amides is 1. The molecular formula is C30H29ClN2O3S. The molecule has 2 heterocycles. The van der Waals surface area contributed by atoms with E-state index in [-0.39, 0.29) is 11.9 Å². The minimum Gasteiger partial charge on any atom is -0.462 e. The quantitative estimate of drug-likeness (QED) is 0.256. The summed E-state index contributed by atoms with van der Waals surface area (Å²) in [4.78, 5) is 33.1. The Morgan fingerprint density at radius 1 is 1.14 bits per heavy atom. The average Bonchev–Trinajstić information content (AvgIpc) is 3.24. The number of rotatable bonds is 6. The molecule has 0 bridgehead atoms. The SMILES string of the molecule is CCCOC(=O)c1c(NC(=O)c2c(C)c(-c3ccc(Cl)cc3)nc3ccccc23)sc2c1CCC(C)C2. The van der Waals surface area contributed by atoms with Crippen LogP contribution in [0.15, 0.2) is 48.5 Å². The van der Waals surface area contributed by atoms with E-state index in [0.717, 1.165) is 63.8 Å². The molecule has 1 amide bonds. The third-order valence-corrected chi connectivity index (χ3v) is 8.28. The summed E-state index contributed by atoms with van der Waals surface area (Å²) in [6, 6.07) is 15.1. The van der Waals surface area contributed by atoms with Crippen LogP contribution in [0.25, 0.3) is 22.2 Å². The first kappa shape index (κ1) is 25.4. The molecule has 0 aliphatic heterocycles. The lowest BCUT2D eigenvalue weighted by Gasteiger charge is -2.18. The second-order valence-corrected chi connectivity index (χ2v) is 11.2. The van der Waals surface area contributed by atoms with Crippen LogP contribution in [0, 0.1) is 12.8 Å². The lowest BCUT2D eigenvalue weighted by Crippen LogP contribution is -2.18. The lowest BCUT2D eigenvalue weighted by atomic mass is 9.88. The molecule has 5 nitrogen and oxygen atoms in total. The Bertz CT molecular complexity index is 1490. The molecule has 1 unspecified atom stereocenters. The van der Waals surface area contributed by atoms with Crippen molar-refractivity contribution in [3.8, 4) is 11.3 Å². The zero-order chi connectivity index (χ0) is 26.1. The van der Waals surface area contributed by atoms with Crippen molar-refractivity contribution in [1.29, 1.82) is 0 Å². The molecule has 1 aliphatic rings. The first-order valence-electron chi connectivity index (χ1n) is 12.7. The Hall–Kier alpha value is -3.22. The van der Waals surface area contributed by atoms with E-state index < -0.39 is 0 Å². The number of ether oxygens (including phenoxy) is 1. The van der Waals surface area contributed by atoms with Crippen LogP contribution < -0.4 is 5.32 Å². The number of anilines is 1. The molecule has 0 radical (unpaired) electrons. The van der Waals surface area contributed by atoms with Gasteiger partial charge in [0, 0.05) is 20.8 Å². The number of hydrogen-bond donors (Lipinski definition) is 1. The Balaban J connectivity index is 1.60.